The molecule has 0 bridgehead atoms. The molecule has 0 saturated carbocycles. The predicted octanol–water partition coefficient (Wildman–Crippen LogP) is 1.96. The Bertz CT molecular complexity index is 580. The molecule has 0 fully saturated rings. The molecule has 144 valence electrons. The van der Waals surface area contributed by atoms with Gasteiger partial charge in [-0.25, -0.2) is 4.79 Å². The van der Waals surface area contributed by atoms with Crippen LogP contribution in [0.2, 0.25) is 0 Å². The number of carbonyl (C=O) groups excluding carboxylic acids is 1. The van der Waals surface area contributed by atoms with Crippen molar-refractivity contribution in [3.05, 3.63) is 11.7 Å². The number of carbonyl (C=O) groups is 1. The van der Waals surface area contributed by atoms with E-state index in [0.717, 1.165) is 0 Å². The van der Waals surface area contributed by atoms with E-state index in [0.29, 0.717) is 30.8 Å². The van der Waals surface area contributed by atoms with E-state index in [1.54, 1.807) is 14.0 Å². The number of nitrogens with one attached hydrogen (secondary N) is 3. The number of alkyl carbamates (subject to hydrolysis) is 1. The Morgan fingerprint density at radius 1 is 1.24 bits per heavy atom. The molecule has 3 N–H and O–H groups in total. The van der Waals surface area contributed by atoms with Gasteiger partial charge in [-0.15, -0.1) is 24.0 Å². The maximum atomic E-state index is 11.9. The number of aryl methyl sites for hydroxylation is 1. The highest BCUT2D eigenvalue weighted by atomic mass is 127. The molecule has 1 amide bonds. The van der Waals surface area contributed by atoms with Gasteiger partial charge in [0, 0.05) is 13.6 Å². The number of nitrogens with zero attached hydrogens (tertiary/aromatic N) is 3. The third-order valence-corrected chi connectivity index (χ3v) is 2.74. The second-order valence-corrected chi connectivity index (χ2v) is 7.03. The minimum atomic E-state index is -0.534. The van der Waals surface area contributed by atoms with E-state index in [1.165, 1.54) is 0 Å². The fraction of sp³-hybridized carbons (Fsp3) is 0.733. The van der Waals surface area contributed by atoms with E-state index >= 15 is 0 Å². The van der Waals surface area contributed by atoms with E-state index in [2.05, 4.69) is 31.1 Å². The number of halogens is 1. The molecule has 1 aromatic rings. The van der Waals surface area contributed by atoms with Crippen LogP contribution in [0, 0.1) is 6.92 Å². The summed E-state index contributed by atoms with van der Waals surface area (Å²) in [5, 5.41) is 12.7. The summed E-state index contributed by atoms with van der Waals surface area (Å²) in [5.74, 6) is 1.61. The van der Waals surface area contributed by atoms with Crippen LogP contribution in [0.4, 0.5) is 4.79 Å². The van der Waals surface area contributed by atoms with Crippen molar-refractivity contribution in [1.29, 1.82) is 0 Å². The second-order valence-electron chi connectivity index (χ2n) is 7.03. The van der Waals surface area contributed by atoms with Crippen LogP contribution >= 0.6 is 24.0 Å². The summed E-state index contributed by atoms with van der Waals surface area (Å²) < 4.78 is 10.3. The molecule has 10 heteroatoms. The molecule has 9 nitrogen and oxygen atoms in total. The second kappa shape index (κ2) is 9.78. The average Bonchev–Trinajstić information content (AvgIpc) is 2.81. The largest absolute Gasteiger partial charge is 0.444 e. The first kappa shape index (κ1) is 23.4. The molecule has 0 unspecified atom stereocenters. The number of ether oxygens (including phenoxy) is 1. The summed E-state index contributed by atoms with van der Waals surface area (Å²) in [7, 11) is 1.66. The highest BCUT2D eigenvalue weighted by Gasteiger charge is 2.24. The van der Waals surface area contributed by atoms with Gasteiger partial charge in [-0.05, 0) is 41.5 Å². The number of amides is 1. The van der Waals surface area contributed by atoms with Gasteiger partial charge < -0.3 is 25.2 Å². The van der Waals surface area contributed by atoms with E-state index in [-0.39, 0.29) is 24.0 Å². The Labute approximate surface area is 165 Å². The zero-order valence-corrected chi connectivity index (χ0v) is 18.2. The molecule has 1 rings (SSSR count). The predicted molar refractivity (Wildman–Crippen MR) is 106 cm³/mol. The Morgan fingerprint density at radius 3 is 2.36 bits per heavy atom. The quantitative estimate of drug-likeness (QED) is 0.344. The molecule has 1 aromatic heterocycles. The highest BCUT2D eigenvalue weighted by Crippen LogP contribution is 2.09. The van der Waals surface area contributed by atoms with Crippen LogP contribution in [-0.4, -0.2) is 46.9 Å². The smallest absolute Gasteiger partial charge is 0.408 e. The van der Waals surface area contributed by atoms with Crippen molar-refractivity contribution in [3.8, 4) is 0 Å². The van der Waals surface area contributed by atoms with E-state index < -0.39 is 17.2 Å². The van der Waals surface area contributed by atoms with Crippen molar-refractivity contribution in [2.24, 2.45) is 4.99 Å². The number of hydrogen-bond donors (Lipinski definition) is 3. The third-order valence-electron chi connectivity index (χ3n) is 2.74. The molecule has 25 heavy (non-hydrogen) atoms. The molecule has 0 aromatic carbocycles. The third kappa shape index (κ3) is 10.1. The fourth-order valence-corrected chi connectivity index (χ4v) is 1.72. The number of rotatable bonds is 5. The number of hydrogen-bond acceptors (Lipinski definition) is 6. The molecule has 0 atom stereocenters. The van der Waals surface area contributed by atoms with Crippen molar-refractivity contribution >= 4 is 36.0 Å². The van der Waals surface area contributed by atoms with Gasteiger partial charge in [0.1, 0.15) is 5.60 Å². The van der Waals surface area contributed by atoms with Crippen molar-refractivity contribution in [2.75, 3.05) is 13.6 Å². The van der Waals surface area contributed by atoms with Crippen LogP contribution in [0.15, 0.2) is 9.52 Å². The van der Waals surface area contributed by atoms with Gasteiger partial charge >= 0.3 is 6.09 Å². The minimum Gasteiger partial charge on any atom is -0.444 e. The van der Waals surface area contributed by atoms with E-state index in [9.17, 15) is 4.79 Å². The first-order chi connectivity index (χ1) is 11.0. The minimum absolute atomic E-state index is 0. The molecule has 0 aliphatic rings. The van der Waals surface area contributed by atoms with Crippen LogP contribution in [0.3, 0.4) is 0 Å². The van der Waals surface area contributed by atoms with Crippen molar-refractivity contribution in [1.82, 2.24) is 26.1 Å². The maximum absolute atomic E-state index is 11.9. The Morgan fingerprint density at radius 2 is 1.88 bits per heavy atom. The monoisotopic (exact) mass is 468 g/mol. The van der Waals surface area contributed by atoms with E-state index in [1.807, 2.05) is 34.6 Å². The number of aromatic nitrogens is 2. The first-order valence-electron chi connectivity index (χ1n) is 7.75. The molecule has 0 saturated heterocycles. The topological polar surface area (TPSA) is 114 Å². The van der Waals surface area contributed by atoms with Gasteiger partial charge in [0.15, 0.2) is 11.8 Å². The molecule has 0 radical (unpaired) electrons. The van der Waals surface area contributed by atoms with Crippen LogP contribution in [-0.2, 0) is 11.3 Å². The molecular weight excluding hydrogens is 439 g/mol. The summed E-state index contributed by atoms with van der Waals surface area (Å²) in [6.07, 6.45) is -0.460. The zero-order valence-electron chi connectivity index (χ0n) is 15.9. The Kier molecular flexibility index (Phi) is 9.16. The van der Waals surface area contributed by atoms with Crippen LogP contribution in [0.1, 0.15) is 46.3 Å². The Hall–Kier alpha value is -1.59. The van der Waals surface area contributed by atoms with Crippen molar-refractivity contribution in [2.45, 2.75) is 59.2 Å². The highest BCUT2D eigenvalue weighted by molar-refractivity contribution is 14.0. The van der Waals surface area contributed by atoms with Gasteiger partial charge in [-0.3, -0.25) is 4.99 Å². The van der Waals surface area contributed by atoms with Gasteiger partial charge in [-0.2, -0.15) is 4.98 Å². The van der Waals surface area contributed by atoms with Crippen LogP contribution in [0.5, 0.6) is 0 Å². The van der Waals surface area contributed by atoms with Crippen molar-refractivity contribution in [3.63, 3.8) is 0 Å². The van der Waals surface area contributed by atoms with Gasteiger partial charge in [0.05, 0.1) is 12.1 Å². The van der Waals surface area contributed by atoms with E-state index in [4.69, 9.17) is 9.26 Å². The SMILES string of the molecule is CN=C(NCc1nc(C)no1)NCC(C)(C)NC(=O)OC(C)(C)C.I. The number of guanidine groups is 1. The lowest BCUT2D eigenvalue weighted by Gasteiger charge is -2.29. The van der Waals surface area contributed by atoms with Crippen LogP contribution < -0.4 is 16.0 Å². The summed E-state index contributed by atoms with van der Waals surface area (Å²) in [6, 6.07) is 0. The summed E-state index contributed by atoms with van der Waals surface area (Å²) in [6.45, 7) is 11.8. The lowest BCUT2D eigenvalue weighted by atomic mass is 10.1. The maximum Gasteiger partial charge on any atom is 0.408 e. The summed E-state index contributed by atoms with van der Waals surface area (Å²) >= 11 is 0. The standard InChI is InChI=1S/C15H28N6O3.HI/c1-10-19-11(24-21-10)8-17-12(16-7)18-9-15(5,6)20-13(22)23-14(2,3)4;/h8-9H2,1-7H3,(H,20,22)(H2,16,17,18);1H. The average molecular weight is 468 g/mol. The fourth-order valence-electron chi connectivity index (χ4n) is 1.72. The van der Waals surface area contributed by atoms with Gasteiger partial charge in [-0.1, -0.05) is 5.16 Å². The molecular formula is C15H29IN6O3. The first-order valence-corrected chi connectivity index (χ1v) is 7.75. The molecule has 0 aliphatic heterocycles. The molecule has 0 spiro atoms. The normalized spacial score (nSPS) is 12.2. The summed E-state index contributed by atoms with van der Waals surface area (Å²) in [4.78, 5) is 20.1. The van der Waals surface area contributed by atoms with Crippen molar-refractivity contribution < 1.29 is 14.1 Å². The molecule has 0 aliphatic carbocycles. The number of aliphatic imine (C=N–C) groups is 1. The lowest BCUT2D eigenvalue weighted by molar-refractivity contribution is 0.0474. The summed E-state index contributed by atoms with van der Waals surface area (Å²) in [5.41, 5.74) is -1.06. The van der Waals surface area contributed by atoms with Crippen LogP contribution in [0.25, 0.3) is 0 Å². The lowest BCUT2D eigenvalue weighted by Crippen LogP contribution is -2.54. The molecule has 1 heterocycles. The Balaban J connectivity index is 0.00000576. The van der Waals surface area contributed by atoms with Gasteiger partial charge in [0.25, 0.3) is 0 Å². The zero-order chi connectivity index (χ0) is 18.4. The van der Waals surface area contributed by atoms with Gasteiger partial charge in [0.2, 0.25) is 5.89 Å².